The van der Waals surface area contributed by atoms with E-state index in [4.69, 9.17) is 4.74 Å². The van der Waals surface area contributed by atoms with Crippen molar-refractivity contribution in [3.63, 3.8) is 0 Å². The number of alkyl carbamates (subject to hydrolysis) is 1. The van der Waals surface area contributed by atoms with Crippen LogP contribution in [-0.2, 0) is 22.5 Å². The summed E-state index contributed by atoms with van der Waals surface area (Å²) in [6, 6.07) is 9.49. The van der Waals surface area contributed by atoms with Gasteiger partial charge in [-0.25, -0.2) is 9.78 Å². The number of rotatable bonds is 8. The van der Waals surface area contributed by atoms with Crippen LogP contribution in [0.2, 0.25) is 0 Å². The van der Waals surface area contributed by atoms with Crippen LogP contribution in [0, 0.1) is 5.92 Å². The number of carbonyl (C=O) groups excluding carboxylic acids is 2. The lowest BCUT2D eigenvalue weighted by atomic mass is 10.0. The molecule has 1 aromatic carbocycles. The maximum atomic E-state index is 12.6. The minimum atomic E-state index is -0.658. The highest BCUT2D eigenvalue weighted by Gasteiger charge is 2.26. The fourth-order valence-corrected chi connectivity index (χ4v) is 2.87. The molecule has 0 fully saturated rings. The highest BCUT2D eigenvalue weighted by Crippen LogP contribution is 2.09. The summed E-state index contributed by atoms with van der Waals surface area (Å²) in [4.78, 5) is 29.0. The van der Waals surface area contributed by atoms with Crippen LogP contribution in [-0.4, -0.2) is 39.7 Å². The predicted octanol–water partition coefficient (Wildman–Crippen LogP) is 3.14. The third kappa shape index (κ3) is 7.60. The third-order valence-corrected chi connectivity index (χ3v) is 4.27. The molecular formula is C22H32N4O3. The van der Waals surface area contributed by atoms with Crippen LogP contribution in [0.1, 0.15) is 46.0 Å². The molecule has 0 radical (unpaired) electrons. The molecule has 7 nitrogen and oxygen atoms in total. The lowest BCUT2D eigenvalue weighted by molar-refractivity contribution is -0.124. The Morgan fingerprint density at radius 1 is 1.17 bits per heavy atom. The molecular weight excluding hydrogens is 368 g/mol. The molecule has 0 saturated heterocycles. The van der Waals surface area contributed by atoms with Gasteiger partial charge in [-0.1, -0.05) is 44.2 Å². The van der Waals surface area contributed by atoms with Crippen molar-refractivity contribution in [3.05, 3.63) is 54.1 Å². The van der Waals surface area contributed by atoms with E-state index in [0.717, 1.165) is 12.4 Å². The van der Waals surface area contributed by atoms with Gasteiger partial charge in [0, 0.05) is 31.9 Å². The second-order valence-electron chi connectivity index (χ2n) is 8.37. The van der Waals surface area contributed by atoms with Crippen molar-refractivity contribution in [3.8, 4) is 0 Å². The smallest absolute Gasteiger partial charge is 0.408 e. The van der Waals surface area contributed by atoms with Crippen LogP contribution < -0.4 is 10.6 Å². The maximum Gasteiger partial charge on any atom is 0.408 e. The molecule has 1 aromatic heterocycles. The largest absolute Gasteiger partial charge is 0.444 e. The van der Waals surface area contributed by atoms with Crippen molar-refractivity contribution in [1.29, 1.82) is 0 Å². The molecule has 7 heteroatoms. The first-order valence-corrected chi connectivity index (χ1v) is 9.97. The second-order valence-corrected chi connectivity index (χ2v) is 8.37. The van der Waals surface area contributed by atoms with E-state index in [1.807, 2.05) is 38.2 Å². The molecule has 0 saturated carbocycles. The summed E-state index contributed by atoms with van der Waals surface area (Å²) in [5, 5.41) is 5.57. The van der Waals surface area contributed by atoms with Gasteiger partial charge in [0.25, 0.3) is 0 Å². The highest BCUT2D eigenvalue weighted by atomic mass is 16.6. The zero-order valence-electron chi connectivity index (χ0n) is 17.9. The molecule has 0 aliphatic heterocycles. The number of nitrogens with one attached hydrogen (secondary N) is 2. The standard InChI is InChI=1S/C22H32N4O3/c1-16(2)19(25-21(28)29-22(3,4)5)20(27)24-12-11-18-23-13-14-26(18)15-17-9-7-6-8-10-17/h6-10,13-14,16,19H,11-12,15H2,1-5H3,(H,24,27)(H,25,28). The van der Waals surface area contributed by atoms with E-state index >= 15 is 0 Å². The number of aromatic nitrogens is 2. The molecule has 158 valence electrons. The van der Waals surface area contributed by atoms with Crippen molar-refractivity contribution in [2.45, 2.75) is 59.2 Å². The van der Waals surface area contributed by atoms with E-state index in [9.17, 15) is 9.59 Å². The molecule has 1 atom stereocenters. The first-order chi connectivity index (χ1) is 13.7. The quantitative estimate of drug-likeness (QED) is 0.713. The van der Waals surface area contributed by atoms with Crippen molar-refractivity contribution >= 4 is 12.0 Å². The Morgan fingerprint density at radius 2 is 1.86 bits per heavy atom. The monoisotopic (exact) mass is 400 g/mol. The first-order valence-electron chi connectivity index (χ1n) is 9.97. The molecule has 0 bridgehead atoms. The van der Waals surface area contributed by atoms with Gasteiger partial charge in [0.15, 0.2) is 0 Å². The molecule has 2 N–H and O–H groups in total. The SMILES string of the molecule is CC(C)C(NC(=O)OC(C)(C)C)C(=O)NCCc1nccn1Cc1ccccc1. The van der Waals surface area contributed by atoms with Crippen molar-refractivity contribution in [2.24, 2.45) is 5.92 Å². The number of imidazole rings is 1. The topological polar surface area (TPSA) is 85.2 Å². The van der Waals surface area contributed by atoms with Crippen LogP contribution >= 0.6 is 0 Å². The Labute approximate surface area is 172 Å². The fourth-order valence-electron chi connectivity index (χ4n) is 2.87. The molecule has 1 heterocycles. The Morgan fingerprint density at radius 3 is 2.48 bits per heavy atom. The summed E-state index contributed by atoms with van der Waals surface area (Å²) < 4.78 is 7.33. The minimum absolute atomic E-state index is 0.0671. The molecule has 2 amide bonds. The normalized spacial score (nSPS) is 12.5. The number of carbonyl (C=O) groups is 2. The molecule has 0 aliphatic rings. The van der Waals surface area contributed by atoms with E-state index in [-0.39, 0.29) is 11.8 Å². The van der Waals surface area contributed by atoms with Gasteiger partial charge >= 0.3 is 6.09 Å². The average molecular weight is 401 g/mol. The zero-order valence-corrected chi connectivity index (χ0v) is 17.9. The van der Waals surface area contributed by atoms with Crippen LogP contribution in [0.15, 0.2) is 42.7 Å². The highest BCUT2D eigenvalue weighted by molar-refractivity contribution is 5.85. The maximum absolute atomic E-state index is 12.6. The van der Waals surface area contributed by atoms with Crippen LogP contribution in [0.25, 0.3) is 0 Å². The second kappa shape index (κ2) is 10.1. The van der Waals surface area contributed by atoms with Gasteiger partial charge in [-0.3, -0.25) is 4.79 Å². The van der Waals surface area contributed by atoms with Crippen molar-refractivity contribution < 1.29 is 14.3 Å². The summed E-state index contributed by atoms with van der Waals surface area (Å²) in [5.41, 5.74) is 0.579. The third-order valence-electron chi connectivity index (χ3n) is 4.27. The van der Waals surface area contributed by atoms with Gasteiger partial charge in [0.05, 0.1) is 0 Å². The Kier molecular flexibility index (Phi) is 7.82. The first kappa shape index (κ1) is 22.5. The number of hydrogen-bond acceptors (Lipinski definition) is 4. The van der Waals surface area contributed by atoms with Crippen LogP contribution in [0.4, 0.5) is 4.79 Å². The molecule has 0 spiro atoms. The fraction of sp³-hybridized carbons (Fsp3) is 0.500. The van der Waals surface area contributed by atoms with E-state index in [1.54, 1.807) is 27.0 Å². The lowest BCUT2D eigenvalue weighted by Crippen LogP contribution is -2.51. The number of hydrogen-bond donors (Lipinski definition) is 2. The molecule has 2 rings (SSSR count). The molecule has 2 aromatic rings. The summed E-state index contributed by atoms with van der Waals surface area (Å²) in [6.45, 7) is 10.3. The average Bonchev–Trinajstić information content (AvgIpc) is 3.05. The van der Waals surface area contributed by atoms with E-state index in [2.05, 4.69) is 32.3 Å². The molecule has 1 unspecified atom stereocenters. The summed E-state index contributed by atoms with van der Waals surface area (Å²) in [6.07, 6.45) is 3.71. The predicted molar refractivity (Wildman–Crippen MR) is 112 cm³/mol. The van der Waals surface area contributed by atoms with E-state index in [1.165, 1.54) is 5.56 Å². The number of ether oxygens (including phenoxy) is 1. The number of amides is 2. The number of nitrogens with zero attached hydrogens (tertiary/aromatic N) is 2. The zero-order chi connectivity index (χ0) is 21.4. The summed E-state index contributed by atoms with van der Waals surface area (Å²) in [5.74, 6) is 0.602. The lowest BCUT2D eigenvalue weighted by Gasteiger charge is -2.25. The minimum Gasteiger partial charge on any atom is -0.444 e. The van der Waals surface area contributed by atoms with E-state index in [0.29, 0.717) is 13.0 Å². The Bertz CT molecular complexity index is 794. The van der Waals surface area contributed by atoms with Gasteiger partial charge in [0.2, 0.25) is 5.91 Å². The summed E-state index contributed by atoms with van der Waals surface area (Å²) >= 11 is 0. The van der Waals surface area contributed by atoms with Crippen LogP contribution in [0.3, 0.4) is 0 Å². The molecule has 29 heavy (non-hydrogen) atoms. The van der Waals surface area contributed by atoms with Crippen molar-refractivity contribution in [2.75, 3.05) is 6.54 Å². The van der Waals surface area contributed by atoms with Gasteiger partial charge < -0.3 is 19.9 Å². The van der Waals surface area contributed by atoms with Crippen LogP contribution in [0.5, 0.6) is 0 Å². The van der Waals surface area contributed by atoms with Gasteiger partial charge in [-0.2, -0.15) is 0 Å². The Balaban J connectivity index is 1.88. The van der Waals surface area contributed by atoms with Gasteiger partial charge in [-0.05, 0) is 32.3 Å². The number of benzene rings is 1. The van der Waals surface area contributed by atoms with Gasteiger partial charge in [-0.15, -0.1) is 0 Å². The van der Waals surface area contributed by atoms with Crippen molar-refractivity contribution in [1.82, 2.24) is 20.2 Å². The Hall–Kier alpha value is -2.83. The molecule has 0 aliphatic carbocycles. The summed E-state index contributed by atoms with van der Waals surface area (Å²) in [7, 11) is 0. The van der Waals surface area contributed by atoms with E-state index < -0.39 is 17.7 Å². The van der Waals surface area contributed by atoms with Gasteiger partial charge in [0.1, 0.15) is 17.5 Å².